The van der Waals surface area contributed by atoms with E-state index in [0.29, 0.717) is 42.0 Å². The number of rotatable bonds is 8. The zero-order chi connectivity index (χ0) is 19.4. The summed E-state index contributed by atoms with van der Waals surface area (Å²) in [7, 11) is 1.57. The first-order chi connectivity index (χ1) is 13.0. The molecular weight excluding hydrogens is 355 g/mol. The van der Waals surface area contributed by atoms with Crippen molar-refractivity contribution in [2.75, 3.05) is 19.7 Å². The fourth-order valence-electron chi connectivity index (χ4n) is 2.81. The van der Waals surface area contributed by atoms with E-state index >= 15 is 0 Å². The Kier molecular flexibility index (Phi) is 5.72. The van der Waals surface area contributed by atoms with E-state index in [1.807, 2.05) is 0 Å². The van der Waals surface area contributed by atoms with Crippen molar-refractivity contribution in [1.29, 1.82) is 0 Å². The van der Waals surface area contributed by atoms with Gasteiger partial charge >= 0.3 is 0 Å². The van der Waals surface area contributed by atoms with Gasteiger partial charge in [-0.3, -0.25) is 19.4 Å². The van der Waals surface area contributed by atoms with Crippen LogP contribution in [0, 0.1) is 5.82 Å². The molecule has 0 aliphatic carbocycles. The van der Waals surface area contributed by atoms with Gasteiger partial charge in [-0.05, 0) is 24.3 Å². The first-order valence-electron chi connectivity index (χ1n) is 8.52. The Balaban J connectivity index is 1.91. The molecule has 0 saturated heterocycles. The Labute approximate surface area is 153 Å². The quantitative estimate of drug-likeness (QED) is 0.492. The van der Waals surface area contributed by atoms with Crippen molar-refractivity contribution in [3.63, 3.8) is 0 Å². The first-order valence-corrected chi connectivity index (χ1v) is 8.52. The summed E-state index contributed by atoms with van der Waals surface area (Å²) in [5.74, 6) is 0.0603. The summed E-state index contributed by atoms with van der Waals surface area (Å²) < 4.78 is 21.4. The van der Waals surface area contributed by atoms with Crippen molar-refractivity contribution >= 4 is 10.9 Å². The Hall–Kier alpha value is -2.91. The highest BCUT2D eigenvalue weighted by Gasteiger charge is 2.16. The molecule has 3 rings (SSSR count). The molecule has 3 N–H and O–H groups in total. The summed E-state index contributed by atoms with van der Waals surface area (Å²) >= 11 is 0. The number of pyridine rings is 1. The van der Waals surface area contributed by atoms with Crippen LogP contribution in [-0.2, 0) is 20.2 Å². The van der Waals surface area contributed by atoms with Crippen LogP contribution in [0.2, 0.25) is 0 Å². The van der Waals surface area contributed by atoms with Gasteiger partial charge in [-0.25, -0.2) is 4.39 Å². The standard InChI is InChI=1S/C18H21FN4O4/c1-22-15(11-27-13-4-2-12(19)3-5-13)17-14(10-16(22)25)21-23(18(17)26)8-6-20-7-9-24/h2-5,10,20-21,24H,6-9,11H2,1H3. The van der Waals surface area contributed by atoms with E-state index in [-0.39, 0.29) is 30.1 Å². The van der Waals surface area contributed by atoms with Crippen LogP contribution in [0.25, 0.3) is 10.9 Å². The molecule has 2 heterocycles. The number of halogens is 1. The Morgan fingerprint density at radius 1 is 1.22 bits per heavy atom. The Bertz CT molecular complexity index is 1040. The number of benzene rings is 1. The van der Waals surface area contributed by atoms with Crippen LogP contribution in [0.3, 0.4) is 0 Å². The SMILES string of the molecule is Cn1c(COc2ccc(F)cc2)c2c(=O)n(CCNCCO)[nH]c2cc1=O. The van der Waals surface area contributed by atoms with Crippen molar-refractivity contribution in [1.82, 2.24) is 19.7 Å². The molecule has 0 atom stereocenters. The summed E-state index contributed by atoms with van der Waals surface area (Å²) in [5.41, 5.74) is 0.337. The van der Waals surface area contributed by atoms with Gasteiger partial charge in [-0.1, -0.05) is 0 Å². The maximum Gasteiger partial charge on any atom is 0.276 e. The van der Waals surface area contributed by atoms with Gasteiger partial charge in [0, 0.05) is 26.2 Å². The lowest BCUT2D eigenvalue weighted by Crippen LogP contribution is -2.28. The van der Waals surface area contributed by atoms with E-state index in [1.54, 1.807) is 7.05 Å². The molecule has 0 fully saturated rings. The lowest BCUT2D eigenvalue weighted by atomic mass is 10.2. The molecule has 0 aliphatic rings. The van der Waals surface area contributed by atoms with Gasteiger partial charge in [-0.2, -0.15) is 0 Å². The number of fused-ring (bicyclic) bond motifs is 1. The number of ether oxygens (including phenoxy) is 1. The zero-order valence-electron chi connectivity index (χ0n) is 14.9. The van der Waals surface area contributed by atoms with E-state index in [9.17, 15) is 14.0 Å². The minimum Gasteiger partial charge on any atom is -0.487 e. The van der Waals surface area contributed by atoms with Crippen molar-refractivity contribution in [3.05, 3.63) is 62.6 Å². The minimum absolute atomic E-state index is 0.00936. The smallest absolute Gasteiger partial charge is 0.276 e. The van der Waals surface area contributed by atoms with Gasteiger partial charge in [0.15, 0.2) is 0 Å². The predicted molar refractivity (Wildman–Crippen MR) is 98.5 cm³/mol. The molecule has 2 aromatic heterocycles. The minimum atomic E-state index is -0.375. The lowest BCUT2D eigenvalue weighted by molar-refractivity contribution is 0.291. The van der Waals surface area contributed by atoms with Gasteiger partial charge in [0.1, 0.15) is 18.2 Å². The average Bonchev–Trinajstić information content (AvgIpc) is 2.96. The van der Waals surface area contributed by atoms with Crippen molar-refractivity contribution in [2.24, 2.45) is 7.05 Å². The van der Waals surface area contributed by atoms with Crippen LogP contribution in [0.15, 0.2) is 39.9 Å². The van der Waals surface area contributed by atoms with Crippen molar-refractivity contribution < 1.29 is 14.2 Å². The maximum absolute atomic E-state index is 13.0. The fraction of sp³-hybridized carbons (Fsp3) is 0.333. The number of H-pyrrole nitrogens is 1. The molecule has 3 aromatic rings. The van der Waals surface area contributed by atoms with Gasteiger partial charge in [-0.15, -0.1) is 0 Å². The molecule has 0 saturated carbocycles. The Morgan fingerprint density at radius 2 is 1.96 bits per heavy atom. The van der Waals surface area contributed by atoms with Crippen LogP contribution >= 0.6 is 0 Å². The predicted octanol–water partition coefficient (Wildman–Crippen LogP) is 0.328. The number of nitrogens with zero attached hydrogens (tertiary/aromatic N) is 2. The normalized spacial score (nSPS) is 11.2. The van der Waals surface area contributed by atoms with Gasteiger partial charge < -0.3 is 19.7 Å². The molecule has 0 amide bonds. The van der Waals surface area contributed by atoms with Crippen LogP contribution in [0.1, 0.15) is 5.69 Å². The molecule has 9 heteroatoms. The third-order valence-electron chi connectivity index (χ3n) is 4.27. The van der Waals surface area contributed by atoms with E-state index in [0.717, 1.165) is 0 Å². The number of hydrogen-bond donors (Lipinski definition) is 3. The molecule has 0 aliphatic heterocycles. The summed E-state index contributed by atoms with van der Waals surface area (Å²) in [6.45, 7) is 1.30. The molecule has 27 heavy (non-hydrogen) atoms. The van der Waals surface area contributed by atoms with Gasteiger partial charge in [0.05, 0.1) is 29.7 Å². The zero-order valence-corrected chi connectivity index (χ0v) is 14.9. The summed E-state index contributed by atoms with van der Waals surface area (Å²) in [4.78, 5) is 25.0. The second-order valence-corrected chi connectivity index (χ2v) is 6.06. The lowest BCUT2D eigenvalue weighted by Gasteiger charge is -2.10. The van der Waals surface area contributed by atoms with E-state index in [4.69, 9.17) is 9.84 Å². The van der Waals surface area contributed by atoms with Crippen LogP contribution in [-0.4, -0.2) is 39.2 Å². The number of nitrogens with one attached hydrogen (secondary N) is 2. The summed E-state index contributed by atoms with van der Waals surface area (Å²) in [5, 5.41) is 15.1. The summed E-state index contributed by atoms with van der Waals surface area (Å²) in [6.07, 6.45) is 0. The van der Waals surface area contributed by atoms with Crippen LogP contribution in [0.5, 0.6) is 5.75 Å². The molecule has 0 radical (unpaired) electrons. The maximum atomic E-state index is 13.0. The van der Waals surface area contributed by atoms with E-state index in [1.165, 1.54) is 39.6 Å². The number of aliphatic hydroxyl groups is 1. The molecule has 144 valence electrons. The first kappa shape index (κ1) is 18.9. The number of aromatic amines is 1. The van der Waals surface area contributed by atoms with Gasteiger partial charge in [0.25, 0.3) is 11.1 Å². The molecule has 0 spiro atoms. The van der Waals surface area contributed by atoms with E-state index < -0.39 is 0 Å². The second-order valence-electron chi connectivity index (χ2n) is 6.06. The molecule has 8 nitrogen and oxygen atoms in total. The Morgan fingerprint density at radius 3 is 2.67 bits per heavy atom. The van der Waals surface area contributed by atoms with Crippen molar-refractivity contribution in [2.45, 2.75) is 13.2 Å². The second kappa shape index (κ2) is 8.19. The highest BCUT2D eigenvalue weighted by molar-refractivity contribution is 5.80. The van der Waals surface area contributed by atoms with Crippen LogP contribution < -0.4 is 21.2 Å². The number of hydrogen-bond acceptors (Lipinski definition) is 5. The molecular formula is C18H21FN4O4. The molecule has 1 aromatic carbocycles. The van der Waals surface area contributed by atoms with E-state index in [2.05, 4.69) is 10.4 Å². The third-order valence-corrected chi connectivity index (χ3v) is 4.27. The largest absolute Gasteiger partial charge is 0.487 e. The van der Waals surface area contributed by atoms with Gasteiger partial charge in [0.2, 0.25) is 0 Å². The summed E-state index contributed by atoms with van der Waals surface area (Å²) in [6, 6.07) is 6.89. The van der Waals surface area contributed by atoms with Crippen LogP contribution in [0.4, 0.5) is 4.39 Å². The average molecular weight is 376 g/mol. The highest BCUT2D eigenvalue weighted by atomic mass is 19.1. The third kappa shape index (κ3) is 4.09. The highest BCUT2D eigenvalue weighted by Crippen LogP contribution is 2.16. The van der Waals surface area contributed by atoms with Crippen molar-refractivity contribution in [3.8, 4) is 5.75 Å². The molecule has 0 unspecified atom stereocenters. The fourth-order valence-corrected chi connectivity index (χ4v) is 2.81. The topological polar surface area (TPSA) is 101 Å². The number of aliphatic hydroxyl groups excluding tert-OH is 1. The molecule has 0 bridgehead atoms. The number of aromatic nitrogens is 3. The monoisotopic (exact) mass is 376 g/mol.